The summed E-state index contributed by atoms with van der Waals surface area (Å²) >= 11 is 1.93. The first-order valence-corrected chi connectivity index (χ1v) is 7.77. The molecule has 0 bridgehead atoms. The molecule has 0 radical (unpaired) electrons. The second-order valence-electron chi connectivity index (χ2n) is 4.87. The molecule has 2 aromatic heterocycles. The summed E-state index contributed by atoms with van der Waals surface area (Å²) in [4.78, 5) is 2.92. The van der Waals surface area contributed by atoms with Gasteiger partial charge in [0.15, 0.2) is 0 Å². The van der Waals surface area contributed by atoms with Crippen LogP contribution in [0.1, 0.15) is 29.2 Å². The number of rotatable bonds is 4. The van der Waals surface area contributed by atoms with Gasteiger partial charge in [0.25, 0.3) is 0 Å². The van der Waals surface area contributed by atoms with Gasteiger partial charge in [-0.15, -0.1) is 11.3 Å². The van der Waals surface area contributed by atoms with Crippen molar-refractivity contribution < 1.29 is 0 Å². The quantitative estimate of drug-likeness (QED) is 0.636. The van der Waals surface area contributed by atoms with Crippen molar-refractivity contribution in [3.63, 3.8) is 0 Å². The van der Waals surface area contributed by atoms with Crippen molar-refractivity contribution in [3.8, 4) is 0 Å². The molecule has 0 amide bonds. The Kier molecular flexibility index (Phi) is 3.43. The Hall–Kier alpha value is -1.54. The molecule has 2 heteroatoms. The van der Waals surface area contributed by atoms with Gasteiger partial charge >= 0.3 is 0 Å². The molecule has 0 aliphatic rings. The van der Waals surface area contributed by atoms with Crippen molar-refractivity contribution in [2.75, 3.05) is 0 Å². The molecular formula is C17H19NS. The number of nitrogens with zero attached hydrogens (tertiary/aromatic N) is 1. The monoisotopic (exact) mass is 269 g/mol. The maximum absolute atomic E-state index is 2.39. The number of fused-ring (bicyclic) bond motifs is 1. The second kappa shape index (κ2) is 5.22. The lowest BCUT2D eigenvalue weighted by atomic mass is 10.1. The Bertz CT molecular complexity index is 690. The van der Waals surface area contributed by atoms with Crippen LogP contribution in [0.5, 0.6) is 0 Å². The van der Waals surface area contributed by atoms with Crippen LogP contribution in [0.25, 0.3) is 10.9 Å². The molecule has 0 atom stereocenters. The summed E-state index contributed by atoms with van der Waals surface area (Å²) in [7, 11) is 0. The summed E-state index contributed by atoms with van der Waals surface area (Å²) in [5.41, 5.74) is 2.84. The highest BCUT2D eigenvalue weighted by molar-refractivity contribution is 7.11. The van der Waals surface area contributed by atoms with Gasteiger partial charge in [0.1, 0.15) is 0 Å². The van der Waals surface area contributed by atoms with Crippen molar-refractivity contribution in [3.05, 3.63) is 57.9 Å². The SMILES string of the molecule is CCc1ccc(Cn2ccc3cccc(CC)c32)s1. The standard InChI is InChI=1S/C17H19NS/c1-3-13-6-5-7-14-10-11-18(17(13)14)12-16-9-8-15(4-2)19-16/h5-11H,3-4,12H2,1-2H3. The second-order valence-corrected chi connectivity index (χ2v) is 6.13. The summed E-state index contributed by atoms with van der Waals surface area (Å²) < 4.78 is 2.39. The lowest BCUT2D eigenvalue weighted by Gasteiger charge is -2.07. The van der Waals surface area contributed by atoms with Gasteiger partial charge in [-0.2, -0.15) is 0 Å². The van der Waals surface area contributed by atoms with Gasteiger partial charge in [-0.25, -0.2) is 0 Å². The molecule has 0 N–H and O–H groups in total. The molecule has 0 fully saturated rings. The van der Waals surface area contributed by atoms with Gasteiger partial charge in [-0.3, -0.25) is 0 Å². The fraction of sp³-hybridized carbons (Fsp3) is 0.294. The number of aryl methyl sites for hydroxylation is 2. The molecule has 3 rings (SSSR count). The third kappa shape index (κ3) is 2.33. The van der Waals surface area contributed by atoms with Crippen LogP contribution in [0.3, 0.4) is 0 Å². The fourth-order valence-electron chi connectivity index (χ4n) is 2.62. The Balaban J connectivity index is 2.00. The van der Waals surface area contributed by atoms with E-state index in [9.17, 15) is 0 Å². The van der Waals surface area contributed by atoms with Crippen LogP contribution in [-0.2, 0) is 19.4 Å². The van der Waals surface area contributed by atoms with Crippen LogP contribution in [0.15, 0.2) is 42.6 Å². The molecule has 2 heterocycles. The lowest BCUT2D eigenvalue weighted by molar-refractivity contribution is 0.845. The van der Waals surface area contributed by atoms with Crippen molar-refractivity contribution in [1.29, 1.82) is 0 Å². The van der Waals surface area contributed by atoms with E-state index in [2.05, 4.69) is 61.0 Å². The minimum absolute atomic E-state index is 0.991. The Morgan fingerprint density at radius 2 is 1.79 bits per heavy atom. The first kappa shape index (κ1) is 12.5. The van der Waals surface area contributed by atoms with Crippen molar-refractivity contribution in [2.24, 2.45) is 0 Å². The Morgan fingerprint density at radius 1 is 0.947 bits per heavy atom. The molecule has 0 saturated carbocycles. The zero-order valence-electron chi connectivity index (χ0n) is 11.5. The molecular weight excluding hydrogens is 250 g/mol. The summed E-state index contributed by atoms with van der Waals surface area (Å²) in [6, 6.07) is 13.4. The molecule has 19 heavy (non-hydrogen) atoms. The summed E-state index contributed by atoms with van der Waals surface area (Å²) in [5, 5.41) is 1.35. The smallest absolute Gasteiger partial charge is 0.0569 e. The van der Waals surface area contributed by atoms with Crippen molar-refractivity contribution in [1.82, 2.24) is 4.57 Å². The zero-order chi connectivity index (χ0) is 13.2. The number of thiophene rings is 1. The van der Waals surface area contributed by atoms with Crippen LogP contribution in [-0.4, -0.2) is 4.57 Å². The third-order valence-corrected chi connectivity index (χ3v) is 4.86. The van der Waals surface area contributed by atoms with Gasteiger partial charge in [-0.1, -0.05) is 32.0 Å². The first-order valence-electron chi connectivity index (χ1n) is 6.96. The number of benzene rings is 1. The highest BCUT2D eigenvalue weighted by Crippen LogP contribution is 2.24. The largest absolute Gasteiger partial charge is 0.342 e. The van der Waals surface area contributed by atoms with Gasteiger partial charge in [0.2, 0.25) is 0 Å². The highest BCUT2D eigenvalue weighted by atomic mass is 32.1. The predicted molar refractivity (Wildman–Crippen MR) is 84.1 cm³/mol. The Morgan fingerprint density at radius 3 is 2.53 bits per heavy atom. The number of hydrogen-bond acceptors (Lipinski definition) is 1. The van der Waals surface area contributed by atoms with Gasteiger partial charge < -0.3 is 4.57 Å². The van der Waals surface area contributed by atoms with Crippen molar-refractivity contribution >= 4 is 22.2 Å². The van der Waals surface area contributed by atoms with E-state index in [4.69, 9.17) is 0 Å². The van der Waals surface area contributed by atoms with E-state index in [-0.39, 0.29) is 0 Å². The molecule has 1 aromatic carbocycles. The van der Waals surface area contributed by atoms with Crippen LogP contribution in [0.2, 0.25) is 0 Å². The lowest BCUT2D eigenvalue weighted by Crippen LogP contribution is -1.98. The maximum Gasteiger partial charge on any atom is 0.0569 e. The van der Waals surface area contributed by atoms with E-state index in [0.29, 0.717) is 0 Å². The third-order valence-electron chi connectivity index (χ3n) is 3.64. The summed E-state index contributed by atoms with van der Waals surface area (Å²) in [6.07, 6.45) is 4.44. The normalized spacial score (nSPS) is 11.3. The van der Waals surface area contributed by atoms with Gasteiger partial charge in [-0.05, 0) is 42.0 Å². The van der Waals surface area contributed by atoms with Crippen LogP contribution >= 0.6 is 11.3 Å². The van der Waals surface area contributed by atoms with Gasteiger partial charge in [0, 0.05) is 16.0 Å². The van der Waals surface area contributed by atoms with E-state index >= 15 is 0 Å². The zero-order valence-corrected chi connectivity index (χ0v) is 12.3. The van der Waals surface area contributed by atoms with Crippen LogP contribution in [0.4, 0.5) is 0 Å². The number of para-hydroxylation sites is 1. The molecule has 0 aliphatic heterocycles. The minimum atomic E-state index is 0.991. The average molecular weight is 269 g/mol. The average Bonchev–Trinajstić information content (AvgIpc) is 3.06. The molecule has 0 spiro atoms. The van der Waals surface area contributed by atoms with Crippen molar-refractivity contribution in [2.45, 2.75) is 33.2 Å². The number of aromatic nitrogens is 1. The molecule has 3 aromatic rings. The van der Waals surface area contributed by atoms with Gasteiger partial charge in [0.05, 0.1) is 12.1 Å². The highest BCUT2D eigenvalue weighted by Gasteiger charge is 2.07. The fourth-order valence-corrected chi connectivity index (χ4v) is 3.58. The summed E-state index contributed by atoms with van der Waals surface area (Å²) in [6.45, 7) is 5.44. The Labute approximate surface area is 118 Å². The summed E-state index contributed by atoms with van der Waals surface area (Å²) in [5.74, 6) is 0. The predicted octanol–water partition coefficient (Wildman–Crippen LogP) is 4.88. The van der Waals surface area contributed by atoms with E-state index in [1.165, 1.54) is 26.2 Å². The maximum atomic E-state index is 2.39. The van der Waals surface area contributed by atoms with E-state index in [1.807, 2.05) is 11.3 Å². The molecule has 0 aliphatic carbocycles. The number of hydrogen-bond donors (Lipinski definition) is 0. The molecule has 98 valence electrons. The molecule has 0 unspecified atom stereocenters. The van der Waals surface area contributed by atoms with E-state index < -0.39 is 0 Å². The molecule has 0 saturated heterocycles. The van der Waals surface area contributed by atoms with Crippen LogP contribution in [0, 0.1) is 0 Å². The van der Waals surface area contributed by atoms with Crippen LogP contribution < -0.4 is 0 Å². The van der Waals surface area contributed by atoms with E-state index in [1.54, 1.807) is 0 Å². The molecule has 1 nitrogen and oxygen atoms in total. The topological polar surface area (TPSA) is 4.93 Å². The van der Waals surface area contributed by atoms with E-state index in [0.717, 1.165) is 19.4 Å². The minimum Gasteiger partial charge on any atom is -0.342 e. The first-order chi connectivity index (χ1) is 9.31.